The van der Waals surface area contributed by atoms with Gasteiger partial charge < -0.3 is 30.2 Å². The van der Waals surface area contributed by atoms with Crippen molar-refractivity contribution in [3.63, 3.8) is 0 Å². The van der Waals surface area contributed by atoms with Crippen LogP contribution in [-0.4, -0.2) is 57.3 Å². The first-order valence-electron chi connectivity index (χ1n) is 11.9. The molecule has 0 aliphatic heterocycles. The maximum atomic E-state index is 13.4. The van der Waals surface area contributed by atoms with Gasteiger partial charge in [0.1, 0.15) is 23.3 Å². The van der Waals surface area contributed by atoms with Gasteiger partial charge in [-0.25, -0.2) is 9.59 Å². The van der Waals surface area contributed by atoms with Crippen molar-refractivity contribution in [2.75, 3.05) is 0 Å². The lowest BCUT2D eigenvalue weighted by atomic mass is 10.0. The van der Waals surface area contributed by atoms with Crippen LogP contribution < -0.4 is 10.6 Å². The maximum Gasteiger partial charge on any atom is 0.408 e. The quantitative estimate of drug-likeness (QED) is 0.362. The summed E-state index contributed by atoms with van der Waals surface area (Å²) in [5.74, 6) is -2.30. The Hall–Kier alpha value is -3.56. The molecule has 0 aliphatic carbocycles. The zero-order chi connectivity index (χ0) is 27.1. The van der Waals surface area contributed by atoms with Crippen LogP contribution in [0.4, 0.5) is 4.79 Å². The van der Waals surface area contributed by atoms with Crippen LogP contribution in [0.1, 0.15) is 66.4 Å². The standard InChI is InChI=1S/C26H37N3O7/c1-25(2,3)35-23(33)19(12-9-13-21(30)31)28-22(32)20(29-24(34)36-26(4,5)6)14-16-15-27-18-11-8-7-10-17(16)18/h7-8,10-11,15,19-20,27H,9,12-14H2,1-6H3,(H,28,32)(H,29,34)(H,30,31). The predicted octanol–water partition coefficient (Wildman–Crippen LogP) is 3.69. The normalized spacial score (nSPS) is 13.5. The van der Waals surface area contributed by atoms with Crippen molar-refractivity contribution in [3.8, 4) is 0 Å². The molecule has 2 aromatic rings. The summed E-state index contributed by atoms with van der Waals surface area (Å²) in [6.07, 6.45) is 1.18. The van der Waals surface area contributed by atoms with Crippen LogP contribution in [0.25, 0.3) is 10.9 Å². The number of rotatable bonds is 10. The van der Waals surface area contributed by atoms with E-state index in [1.807, 2.05) is 24.3 Å². The van der Waals surface area contributed by atoms with Crippen molar-refractivity contribution in [2.45, 2.75) is 90.5 Å². The fraction of sp³-hybridized carbons (Fsp3) is 0.538. The van der Waals surface area contributed by atoms with Crippen LogP contribution in [0.2, 0.25) is 0 Å². The molecule has 0 bridgehead atoms. The zero-order valence-electron chi connectivity index (χ0n) is 21.8. The Balaban J connectivity index is 2.27. The highest BCUT2D eigenvalue weighted by molar-refractivity contribution is 5.91. The molecule has 2 rings (SSSR count). The molecule has 1 heterocycles. The number of ether oxygens (including phenoxy) is 2. The summed E-state index contributed by atoms with van der Waals surface area (Å²) in [5.41, 5.74) is 0.0954. The lowest BCUT2D eigenvalue weighted by Gasteiger charge is -2.27. The molecule has 4 N–H and O–H groups in total. The summed E-state index contributed by atoms with van der Waals surface area (Å²) in [6, 6.07) is 5.41. The molecule has 10 heteroatoms. The first kappa shape index (κ1) is 28.7. The number of aromatic amines is 1. The third-order valence-electron chi connectivity index (χ3n) is 5.00. The Bertz CT molecular complexity index is 1080. The lowest BCUT2D eigenvalue weighted by Crippen LogP contribution is -2.54. The van der Waals surface area contributed by atoms with Crippen LogP contribution in [0.5, 0.6) is 0 Å². The van der Waals surface area contributed by atoms with E-state index in [0.29, 0.717) is 0 Å². The second-order valence-corrected chi connectivity index (χ2v) is 10.6. The number of carbonyl (C=O) groups is 4. The Kier molecular flexibility index (Phi) is 9.49. The molecule has 0 aliphatic rings. The number of aromatic nitrogens is 1. The molecule has 1 aromatic carbocycles. The molecule has 2 unspecified atom stereocenters. The summed E-state index contributed by atoms with van der Waals surface area (Å²) < 4.78 is 10.8. The second kappa shape index (κ2) is 11.9. The SMILES string of the molecule is CC(C)(C)OC(=O)NC(Cc1c[nH]c2ccccc12)C(=O)NC(CCCC(=O)O)C(=O)OC(C)(C)C. The molecule has 10 nitrogen and oxygen atoms in total. The molecule has 0 saturated carbocycles. The average molecular weight is 504 g/mol. The van der Waals surface area contributed by atoms with Crippen molar-refractivity contribution in [1.29, 1.82) is 0 Å². The number of esters is 1. The third-order valence-corrected chi connectivity index (χ3v) is 5.00. The summed E-state index contributed by atoms with van der Waals surface area (Å²) >= 11 is 0. The van der Waals surface area contributed by atoms with Gasteiger partial charge >= 0.3 is 18.0 Å². The molecule has 2 atom stereocenters. The minimum absolute atomic E-state index is 0.0686. The number of aliphatic carboxylic acids is 1. The highest BCUT2D eigenvalue weighted by Gasteiger charge is 2.31. The predicted molar refractivity (Wildman–Crippen MR) is 134 cm³/mol. The molecule has 0 spiro atoms. The number of hydrogen-bond acceptors (Lipinski definition) is 6. The number of fused-ring (bicyclic) bond motifs is 1. The van der Waals surface area contributed by atoms with E-state index in [0.717, 1.165) is 16.5 Å². The van der Waals surface area contributed by atoms with E-state index >= 15 is 0 Å². The number of alkyl carbamates (subject to hydrolysis) is 1. The van der Waals surface area contributed by atoms with Crippen LogP contribution in [0.3, 0.4) is 0 Å². The Morgan fingerprint density at radius 3 is 2.19 bits per heavy atom. The summed E-state index contributed by atoms with van der Waals surface area (Å²) in [7, 11) is 0. The van der Waals surface area contributed by atoms with Gasteiger partial charge in [-0.15, -0.1) is 0 Å². The van der Waals surface area contributed by atoms with Gasteiger partial charge in [-0.05, 0) is 66.0 Å². The summed E-state index contributed by atoms with van der Waals surface area (Å²) in [4.78, 5) is 52.8. The first-order valence-corrected chi connectivity index (χ1v) is 11.9. The van der Waals surface area contributed by atoms with E-state index in [2.05, 4.69) is 15.6 Å². The number of amides is 2. The van der Waals surface area contributed by atoms with Gasteiger partial charge in [-0.2, -0.15) is 0 Å². The van der Waals surface area contributed by atoms with Crippen molar-refractivity contribution >= 4 is 34.8 Å². The second-order valence-electron chi connectivity index (χ2n) is 10.6. The average Bonchev–Trinajstić information content (AvgIpc) is 3.12. The van der Waals surface area contributed by atoms with Crippen LogP contribution in [0.15, 0.2) is 30.5 Å². The molecular formula is C26H37N3O7. The Morgan fingerprint density at radius 2 is 1.58 bits per heavy atom. The third kappa shape index (κ3) is 9.59. The fourth-order valence-corrected chi connectivity index (χ4v) is 3.53. The van der Waals surface area contributed by atoms with Crippen molar-refractivity contribution in [3.05, 3.63) is 36.0 Å². The minimum atomic E-state index is -1.08. The Morgan fingerprint density at radius 1 is 0.944 bits per heavy atom. The van der Waals surface area contributed by atoms with Gasteiger partial charge in [0.25, 0.3) is 0 Å². The number of carbonyl (C=O) groups excluding carboxylic acids is 3. The van der Waals surface area contributed by atoms with Gasteiger partial charge in [-0.3, -0.25) is 9.59 Å². The molecular weight excluding hydrogens is 466 g/mol. The number of carboxylic acid groups (broad SMARTS) is 1. The minimum Gasteiger partial charge on any atom is -0.481 e. The fourth-order valence-electron chi connectivity index (χ4n) is 3.53. The van der Waals surface area contributed by atoms with Crippen molar-refractivity contribution < 1.29 is 33.8 Å². The van der Waals surface area contributed by atoms with E-state index < -0.39 is 47.2 Å². The van der Waals surface area contributed by atoms with Crippen LogP contribution in [0, 0.1) is 0 Å². The van der Waals surface area contributed by atoms with Gasteiger partial charge in [-0.1, -0.05) is 18.2 Å². The number of hydrogen-bond donors (Lipinski definition) is 4. The van der Waals surface area contributed by atoms with Crippen LogP contribution >= 0.6 is 0 Å². The monoisotopic (exact) mass is 503 g/mol. The molecule has 2 amide bonds. The van der Waals surface area contributed by atoms with Gasteiger partial charge in [0.2, 0.25) is 5.91 Å². The number of benzene rings is 1. The number of H-pyrrole nitrogens is 1. The smallest absolute Gasteiger partial charge is 0.408 e. The van der Waals surface area contributed by atoms with Crippen molar-refractivity contribution in [2.24, 2.45) is 0 Å². The van der Waals surface area contributed by atoms with E-state index in [4.69, 9.17) is 14.6 Å². The van der Waals surface area contributed by atoms with Crippen LogP contribution in [-0.2, 0) is 30.3 Å². The van der Waals surface area contributed by atoms with Gasteiger partial charge in [0, 0.05) is 29.9 Å². The summed E-state index contributed by atoms with van der Waals surface area (Å²) in [5, 5.41) is 15.1. The molecule has 198 valence electrons. The molecule has 0 radical (unpaired) electrons. The molecule has 0 fully saturated rings. The maximum absolute atomic E-state index is 13.4. The molecule has 0 saturated heterocycles. The van der Waals surface area contributed by atoms with E-state index in [-0.39, 0.29) is 25.7 Å². The van der Waals surface area contributed by atoms with Gasteiger partial charge in [0.05, 0.1) is 0 Å². The Labute approximate surface area is 211 Å². The zero-order valence-corrected chi connectivity index (χ0v) is 21.8. The molecule has 36 heavy (non-hydrogen) atoms. The van der Waals surface area contributed by atoms with Gasteiger partial charge in [0.15, 0.2) is 0 Å². The first-order chi connectivity index (χ1) is 16.6. The highest BCUT2D eigenvalue weighted by atomic mass is 16.6. The van der Waals surface area contributed by atoms with E-state index in [1.165, 1.54) is 0 Å². The van der Waals surface area contributed by atoms with E-state index in [1.54, 1.807) is 47.7 Å². The highest BCUT2D eigenvalue weighted by Crippen LogP contribution is 2.20. The van der Waals surface area contributed by atoms with Crippen molar-refractivity contribution in [1.82, 2.24) is 15.6 Å². The molecule has 1 aromatic heterocycles. The number of carboxylic acids is 1. The largest absolute Gasteiger partial charge is 0.481 e. The topological polar surface area (TPSA) is 147 Å². The lowest BCUT2D eigenvalue weighted by molar-refractivity contribution is -0.159. The van der Waals surface area contributed by atoms with E-state index in [9.17, 15) is 19.2 Å². The number of para-hydroxylation sites is 1. The number of nitrogens with one attached hydrogen (secondary N) is 3. The summed E-state index contributed by atoms with van der Waals surface area (Å²) in [6.45, 7) is 10.2.